The highest BCUT2D eigenvalue weighted by molar-refractivity contribution is 5.97. The zero-order chi connectivity index (χ0) is 23.9. The Hall–Kier alpha value is -3.91. The molecule has 0 aliphatic heterocycles. The van der Waals surface area contributed by atoms with E-state index < -0.39 is 0 Å². The molecule has 4 aromatic rings. The molecule has 0 spiro atoms. The van der Waals surface area contributed by atoms with Crippen molar-refractivity contribution in [2.45, 2.75) is 0 Å². The summed E-state index contributed by atoms with van der Waals surface area (Å²) in [4.78, 5) is 18.9. The van der Waals surface area contributed by atoms with E-state index in [9.17, 15) is 9.18 Å². The molecule has 176 valence electrons. The third-order valence-electron chi connectivity index (χ3n) is 5.20. The quantitative estimate of drug-likeness (QED) is 0.362. The molecule has 0 saturated heterocycles. The molecule has 1 amide bonds. The second-order valence-electron chi connectivity index (χ2n) is 8.02. The largest absolute Gasteiger partial charge is 0.490 e. The Morgan fingerprint density at radius 2 is 1.62 bits per heavy atom. The van der Waals surface area contributed by atoms with Crippen LogP contribution in [0.15, 0.2) is 73.1 Å². The van der Waals surface area contributed by atoms with Gasteiger partial charge >= 0.3 is 0 Å². The normalized spacial score (nSPS) is 11.1. The van der Waals surface area contributed by atoms with Crippen LogP contribution in [0.2, 0.25) is 0 Å². The number of hydrogen-bond donors (Lipinski definition) is 1. The van der Waals surface area contributed by atoms with Gasteiger partial charge in [-0.05, 0) is 80.8 Å². The first-order chi connectivity index (χ1) is 16.5. The maximum absolute atomic E-state index is 12.9. The molecule has 1 N–H and O–H groups in total. The fraction of sp³-hybridized carbons (Fsp3) is 0.231. The zero-order valence-corrected chi connectivity index (χ0v) is 19.2. The van der Waals surface area contributed by atoms with Crippen LogP contribution in [0.1, 0.15) is 10.4 Å². The third-order valence-corrected chi connectivity index (χ3v) is 5.20. The smallest absolute Gasteiger partial charge is 0.251 e. The standard InChI is InChI=1S/C26H27FN4O3/c1-30(2)14-13-28-26(32)19-3-12-25-24(17-19)29-18-31(25)21-6-10-23(11-7-21)34-16-15-33-22-8-4-20(27)5-9-22/h3-12,17-18H,13-16H2,1-2H3,(H,28,32). The number of imidazole rings is 1. The monoisotopic (exact) mass is 462 g/mol. The SMILES string of the molecule is CN(C)CCNC(=O)c1ccc2c(c1)ncn2-c1ccc(OCCOc2ccc(F)cc2)cc1. The molecule has 0 bridgehead atoms. The summed E-state index contributed by atoms with van der Waals surface area (Å²) in [7, 11) is 3.93. The molecule has 1 heterocycles. The summed E-state index contributed by atoms with van der Waals surface area (Å²) in [5.74, 6) is 0.910. The van der Waals surface area contributed by atoms with Crippen molar-refractivity contribution in [3.63, 3.8) is 0 Å². The minimum absolute atomic E-state index is 0.108. The Bertz CT molecular complexity index is 1240. The second kappa shape index (κ2) is 10.8. The molecule has 0 aliphatic rings. The lowest BCUT2D eigenvalue weighted by Gasteiger charge is -2.11. The summed E-state index contributed by atoms with van der Waals surface area (Å²) in [5.41, 5.74) is 3.17. The van der Waals surface area contributed by atoms with Crippen LogP contribution in [-0.4, -0.2) is 60.8 Å². The van der Waals surface area contributed by atoms with E-state index in [4.69, 9.17) is 9.47 Å². The minimum atomic E-state index is -0.295. The lowest BCUT2D eigenvalue weighted by atomic mass is 10.2. The highest BCUT2D eigenvalue weighted by Gasteiger charge is 2.10. The Balaban J connectivity index is 1.34. The summed E-state index contributed by atoms with van der Waals surface area (Å²) in [6.45, 7) is 2.09. The number of amides is 1. The van der Waals surface area contributed by atoms with Crippen LogP contribution in [0.3, 0.4) is 0 Å². The summed E-state index contributed by atoms with van der Waals surface area (Å²) >= 11 is 0. The summed E-state index contributed by atoms with van der Waals surface area (Å²) in [5, 5.41) is 2.92. The first-order valence-electron chi connectivity index (χ1n) is 11.0. The van der Waals surface area contributed by atoms with Crippen LogP contribution < -0.4 is 14.8 Å². The molecule has 8 heteroatoms. The Morgan fingerprint density at radius 3 is 2.26 bits per heavy atom. The van der Waals surface area contributed by atoms with E-state index in [-0.39, 0.29) is 11.7 Å². The third kappa shape index (κ3) is 5.90. The van der Waals surface area contributed by atoms with Crippen LogP contribution in [-0.2, 0) is 0 Å². The van der Waals surface area contributed by atoms with Crippen molar-refractivity contribution in [2.24, 2.45) is 0 Å². The average Bonchev–Trinajstić information content (AvgIpc) is 3.26. The lowest BCUT2D eigenvalue weighted by molar-refractivity contribution is 0.0951. The van der Waals surface area contributed by atoms with Gasteiger partial charge in [-0.1, -0.05) is 0 Å². The maximum Gasteiger partial charge on any atom is 0.251 e. The zero-order valence-electron chi connectivity index (χ0n) is 19.2. The number of nitrogens with zero attached hydrogens (tertiary/aromatic N) is 3. The summed E-state index contributed by atoms with van der Waals surface area (Å²) in [6, 6.07) is 19.0. The van der Waals surface area contributed by atoms with Gasteiger partial charge in [0.1, 0.15) is 36.9 Å². The summed E-state index contributed by atoms with van der Waals surface area (Å²) in [6.07, 6.45) is 1.74. The van der Waals surface area contributed by atoms with Crippen LogP contribution in [0.4, 0.5) is 4.39 Å². The van der Waals surface area contributed by atoms with Gasteiger partial charge in [0.2, 0.25) is 0 Å². The first kappa shape index (κ1) is 23.3. The molecular weight excluding hydrogens is 435 g/mol. The molecule has 4 rings (SSSR count). The molecule has 3 aromatic carbocycles. The van der Waals surface area contributed by atoms with Crippen LogP contribution >= 0.6 is 0 Å². The number of benzene rings is 3. The van der Waals surface area contributed by atoms with Crippen molar-refractivity contribution in [3.05, 3.63) is 84.4 Å². The molecule has 0 fully saturated rings. The Labute approximate surface area is 197 Å². The number of fused-ring (bicyclic) bond motifs is 1. The van der Waals surface area contributed by atoms with E-state index in [0.717, 1.165) is 23.3 Å². The number of halogens is 1. The molecule has 34 heavy (non-hydrogen) atoms. The summed E-state index contributed by atoms with van der Waals surface area (Å²) < 4.78 is 26.2. The van der Waals surface area contributed by atoms with Gasteiger partial charge in [0.15, 0.2) is 0 Å². The Kier molecular flexibility index (Phi) is 7.39. The minimum Gasteiger partial charge on any atom is -0.490 e. The number of carbonyl (C=O) groups is 1. The van der Waals surface area contributed by atoms with Crippen molar-refractivity contribution in [1.82, 2.24) is 19.8 Å². The van der Waals surface area contributed by atoms with Gasteiger partial charge in [0.25, 0.3) is 5.91 Å². The van der Waals surface area contributed by atoms with E-state index in [1.165, 1.54) is 12.1 Å². The molecule has 1 aromatic heterocycles. The molecule has 0 unspecified atom stereocenters. The molecule has 0 saturated carbocycles. The second-order valence-corrected chi connectivity index (χ2v) is 8.02. The van der Waals surface area contributed by atoms with E-state index in [2.05, 4.69) is 10.3 Å². The fourth-order valence-electron chi connectivity index (χ4n) is 3.41. The van der Waals surface area contributed by atoms with Gasteiger partial charge in [-0.25, -0.2) is 9.37 Å². The van der Waals surface area contributed by atoms with Crippen LogP contribution in [0.5, 0.6) is 11.5 Å². The molecule has 0 atom stereocenters. The maximum atomic E-state index is 12.9. The van der Waals surface area contributed by atoms with Gasteiger partial charge in [0.05, 0.1) is 11.0 Å². The highest BCUT2D eigenvalue weighted by atomic mass is 19.1. The van der Waals surface area contributed by atoms with Crippen molar-refractivity contribution in [1.29, 1.82) is 0 Å². The molecule has 7 nitrogen and oxygen atoms in total. The van der Waals surface area contributed by atoms with Gasteiger partial charge in [-0.2, -0.15) is 0 Å². The van der Waals surface area contributed by atoms with E-state index in [1.807, 2.05) is 60.0 Å². The fourth-order valence-corrected chi connectivity index (χ4v) is 3.41. The molecular formula is C26H27FN4O3. The van der Waals surface area contributed by atoms with E-state index in [1.54, 1.807) is 24.5 Å². The van der Waals surface area contributed by atoms with Crippen LogP contribution in [0.25, 0.3) is 16.7 Å². The van der Waals surface area contributed by atoms with Crippen molar-refractivity contribution >= 4 is 16.9 Å². The number of aromatic nitrogens is 2. The topological polar surface area (TPSA) is 68.6 Å². The number of rotatable bonds is 10. The van der Waals surface area contributed by atoms with Crippen molar-refractivity contribution in [3.8, 4) is 17.2 Å². The van der Waals surface area contributed by atoms with Crippen molar-refractivity contribution < 1.29 is 18.7 Å². The number of likely N-dealkylation sites (N-methyl/N-ethyl adjacent to an activating group) is 1. The average molecular weight is 463 g/mol. The number of nitrogens with one attached hydrogen (secondary N) is 1. The van der Waals surface area contributed by atoms with Crippen LogP contribution in [0, 0.1) is 5.82 Å². The van der Waals surface area contributed by atoms with Gasteiger partial charge in [0, 0.05) is 24.3 Å². The number of carbonyl (C=O) groups excluding carboxylic acids is 1. The lowest BCUT2D eigenvalue weighted by Crippen LogP contribution is -2.31. The highest BCUT2D eigenvalue weighted by Crippen LogP contribution is 2.22. The molecule has 0 radical (unpaired) electrons. The first-order valence-corrected chi connectivity index (χ1v) is 11.0. The van der Waals surface area contributed by atoms with E-state index >= 15 is 0 Å². The predicted octanol–water partition coefficient (Wildman–Crippen LogP) is 3.91. The number of ether oxygens (including phenoxy) is 2. The number of hydrogen-bond acceptors (Lipinski definition) is 5. The molecule has 0 aliphatic carbocycles. The Morgan fingerprint density at radius 1 is 0.971 bits per heavy atom. The van der Waals surface area contributed by atoms with E-state index in [0.29, 0.717) is 36.8 Å². The predicted molar refractivity (Wildman–Crippen MR) is 129 cm³/mol. The van der Waals surface area contributed by atoms with Gasteiger partial charge in [-0.3, -0.25) is 9.36 Å². The van der Waals surface area contributed by atoms with Gasteiger partial charge in [-0.15, -0.1) is 0 Å². The van der Waals surface area contributed by atoms with Gasteiger partial charge < -0.3 is 19.7 Å². The van der Waals surface area contributed by atoms with Crippen molar-refractivity contribution in [2.75, 3.05) is 40.4 Å².